The molecule has 0 fully saturated rings. The number of hydrogen-bond acceptors (Lipinski definition) is 3. The Morgan fingerprint density at radius 1 is 1.67 bits per heavy atom. The van der Waals surface area contributed by atoms with Gasteiger partial charge >= 0.3 is 16.0 Å². The fourth-order valence-electron chi connectivity index (χ4n) is 0.535. The first kappa shape index (κ1) is 12.3. The molecule has 0 aromatic rings. The van der Waals surface area contributed by atoms with Crippen LogP contribution in [0.25, 0.3) is 0 Å². The predicted octanol–water partition coefficient (Wildman–Crippen LogP) is 0.875. The molecule has 0 aliphatic rings. The van der Waals surface area contributed by atoms with E-state index in [0.717, 1.165) is 6.42 Å². The van der Waals surface area contributed by atoms with E-state index in [-0.39, 0.29) is 0 Å². The summed E-state index contributed by atoms with van der Waals surface area (Å²) < 4.78 is 24.7. The Kier molecular flexibility index (Phi) is 6.01. The fourth-order valence-corrected chi connectivity index (χ4v) is 2.08. The Balaban J connectivity index is 3.72. The van der Waals surface area contributed by atoms with Gasteiger partial charge in [-0.1, -0.05) is 13.3 Å². The summed E-state index contributed by atoms with van der Waals surface area (Å²) in [6.07, 6.45) is 1.57. The van der Waals surface area contributed by atoms with Crippen molar-refractivity contribution in [3.8, 4) is 0 Å². The Hall–Kier alpha value is 0.300. The van der Waals surface area contributed by atoms with Gasteiger partial charge in [0.2, 0.25) is 0 Å². The Morgan fingerprint density at radius 3 is 2.67 bits per heavy atom. The summed E-state index contributed by atoms with van der Waals surface area (Å²) in [5.74, 6) is 0. The van der Waals surface area contributed by atoms with Crippen molar-refractivity contribution in [3.63, 3.8) is 0 Å². The van der Waals surface area contributed by atoms with Crippen LogP contribution in [-0.2, 0) is 13.4 Å². The summed E-state index contributed by atoms with van der Waals surface area (Å²) >= 11 is 0. The number of nitrogens with one attached hydrogen (secondary N) is 1. The molecule has 12 heavy (non-hydrogen) atoms. The fraction of sp³-hybridized carbons (Fsp3) is 1.00. The minimum atomic E-state index is -4.05. The maximum absolute atomic E-state index is 10.8. The van der Waals surface area contributed by atoms with Crippen molar-refractivity contribution in [1.82, 2.24) is 5.09 Å². The van der Waals surface area contributed by atoms with E-state index in [2.05, 4.69) is 9.40 Å². The molecule has 2 atom stereocenters. The third-order valence-corrected chi connectivity index (χ3v) is 3.28. The van der Waals surface area contributed by atoms with Gasteiger partial charge in [0, 0.05) is 6.54 Å². The van der Waals surface area contributed by atoms with Crippen LogP contribution in [0.5, 0.6) is 0 Å². The minimum Gasteiger partial charge on any atom is -0.326 e. The second-order valence-corrected chi connectivity index (χ2v) is 4.76. The predicted molar refractivity (Wildman–Crippen MR) is 45.0 cm³/mol. The second-order valence-electron chi connectivity index (χ2n) is 2.14. The van der Waals surface area contributed by atoms with Crippen molar-refractivity contribution in [2.75, 3.05) is 6.54 Å². The lowest BCUT2D eigenvalue weighted by atomic mass is 10.3. The molecule has 0 aliphatic carbocycles. The van der Waals surface area contributed by atoms with Gasteiger partial charge in [-0.05, 0) is 6.42 Å². The van der Waals surface area contributed by atoms with Crippen LogP contribution in [0, 0.1) is 0 Å². The molecule has 0 aromatic carbocycles. The molecule has 0 spiro atoms. The maximum atomic E-state index is 10.8. The molecule has 6 nitrogen and oxygen atoms in total. The molecule has 0 aromatic heterocycles. The van der Waals surface area contributed by atoms with E-state index < -0.39 is 16.0 Å². The molecule has 8 heteroatoms. The van der Waals surface area contributed by atoms with E-state index in [1.165, 1.54) is 0 Å². The van der Waals surface area contributed by atoms with E-state index in [4.69, 9.17) is 9.79 Å². The average Bonchev–Trinajstić information content (AvgIpc) is 1.84. The van der Waals surface area contributed by atoms with Gasteiger partial charge in [-0.15, -0.1) is 0 Å². The lowest BCUT2D eigenvalue weighted by molar-refractivity contribution is 0.339. The Bertz CT molecular complexity index is 196. The van der Waals surface area contributed by atoms with E-state index in [1.807, 2.05) is 6.92 Å². The van der Waals surface area contributed by atoms with Crippen molar-refractivity contribution in [2.45, 2.75) is 19.8 Å². The van der Waals surface area contributed by atoms with Gasteiger partial charge in [-0.3, -0.25) is 4.57 Å². The van der Waals surface area contributed by atoms with Gasteiger partial charge in [0.1, 0.15) is 0 Å². The van der Waals surface area contributed by atoms with E-state index in [0.29, 0.717) is 13.0 Å². The van der Waals surface area contributed by atoms with Gasteiger partial charge in [-0.25, -0.2) is 14.0 Å². The SMILES string of the molecule is CCCCNP(=O)(O)O[PH](=O)O. The standard InChI is InChI=1S/C4H13NO5P2/c1-2-3-4-5-12(8,9)10-11(6)7/h11H,2-4H2,1H3,(H,6,7)(H2,5,8,9). The van der Waals surface area contributed by atoms with Gasteiger partial charge < -0.3 is 9.79 Å². The first-order valence-electron chi connectivity index (χ1n) is 3.48. The number of rotatable bonds is 6. The van der Waals surface area contributed by atoms with Crippen molar-refractivity contribution in [1.29, 1.82) is 0 Å². The second kappa shape index (κ2) is 5.86. The highest BCUT2D eigenvalue weighted by Gasteiger charge is 2.20. The van der Waals surface area contributed by atoms with Crippen molar-refractivity contribution in [2.24, 2.45) is 0 Å². The normalized spacial score (nSPS) is 18.6. The van der Waals surface area contributed by atoms with Crippen molar-refractivity contribution in [3.05, 3.63) is 0 Å². The van der Waals surface area contributed by atoms with Crippen LogP contribution in [0.2, 0.25) is 0 Å². The summed E-state index contributed by atoms with van der Waals surface area (Å²) in [5, 5.41) is 2.15. The maximum Gasteiger partial charge on any atom is 0.409 e. The molecule has 3 N–H and O–H groups in total. The highest BCUT2D eigenvalue weighted by Crippen LogP contribution is 2.45. The minimum absolute atomic E-state index is 0.291. The van der Waals surface area contributed by atoms with Gasteiger partial charge in [0.15, 0.2) is 0 Å². The van der Waals surface area contributed by atoms with Crippen molar-refractivity contribution >= 4 is 16.0 Å². The lowest BCUT2D eigenvalue weighted by Gasteiger charge is -2.09. The quantitative estimate of drug-likeness (QED) is 0.451. The molecular weight excluding hydrogens is 204 g/mol. The van der Waals surface area contributed by atoms with E-state index >= 15 is 0 Å². The molecule has 0 aliphatic heterocycles. The van der Waals surface area contributed by atoms with Crippen LogP contribution in [0.1, 0.15) is 19.8 Å². The zero-order valence-corrected chi connectivity index (χ0v) is 8.58. The average molecular weight is 217 g/mol. The first-order chi connectivity index (χ1) is 5.48. The molecule has 0 amide bonds. The molecule has 0 saturated carbocycles. The first-order valence-corrected chi connectivity index (χ1v) is 6.32. The lowest BCUT2D eigenvalue weighted by Crippen LogP contribution is -2.11. The highest BCUT2D eigenvalue weighted by molar-refractivity contribution is 7.58. The summed E-state index contributed by atoms with van der Waals surface area (Å²) in [7, 11) is -7.40. The topological polar surface area (TPSA) is 95.9 Å². The van der Waals surface area contributed by atoms with Crippen LogP contribution < -0.4 is 5.09 Å². The monoisotopic (exact) mass is 217 g/mol. The van der Waals surface area contributed by atoms with Gasteiger partial charge in [-0.2, -0.15) is 0 Å². The van der Waals surface area contributed by atoms with Crippen LogP contribution in [0.15, 0.2) is 0 Å². The molecule has 0 bridgehead atoms. The van der Waals surface area contributed by atoms with Gasteiger partial charge in [0.25, 0.3) is 0 Å². The van der Waals surface area contributed by atoms with Crippen molar-refractivity contribution < 1.29 is 23.2 Å². The molecule has 0 rings (SSSR count). The van der Waals surface area contributed by atoms with Crippen LogP contribution in [0.4, 0.5) is 0 Å². The van der Waals surface area contributed by atoms with Gasteiger partial charge in [0.05, 0.1) is 0 Å². The molecule has 2 unspecified atom stereocenters. The largest absolute Gasteiger partial charge is 0.409 e. The molecule has 0 saturated heterocycles. The highest BCUT2D eigenvalue weighted by atomic mass is 31.2. The molecule has 0 heterocycles. The molecule has 74 valence electrons. The van der Waals surface area contributed by atoms with Crippen LogP contribution in [0.3, 0.4) is 0 Å². The molecule has 0 radical (unpaired) electrons. The smallest absolute Gasteiger partial charge is 0.326 e. The van der Waals surface area contributed by atoms with E-state index in [9.17, 15) is 9.13 Å². The summed E-state index contributed by atoms with van der Waals surface area (Å²) in [6.45, 7) is 2.21. The number of hydrogen-bond donors (Lipinski definition) is 3. The summed E-state index contributed by atoms with van der Waals surface area (Å²) in [4.78, 5) is 17.0. The Labute approximate surface area is 71.5 Å². The summed E-state index contributed by atoms with van der Waals surface area (Å²) in [6, 6.07) is 0. The zero-order chi connectivity index (χ0) is 9.61. The third-order valence-electron chi connectivity index (χ3n) is 1.04. The zero-order valence-electron chi connectivity index (χ0n) is 6.69. The van der Waals surface area contributed by atoms with Crippen LogP contribution in [-0.4, -0.2) is 16.3 Å². The van der Waals surface area contributed by atoms with Crippen LogP contribution >= 0.6 is 16.0 Å². The summed E-state index contributed by atoms with van der Waals surface area (Å²) in [5.41, 5.74) is 0. The third kappa shape index (κ3) is 6.98. The molecular formula is C4H13NO5P2. The Morgan fingerprint density at radius 2 is 2.25 bits per heavy atom. The van der Waals surface area contributed by atoms with E-state index in [1.54, 1.807) is 0 Å². The number of unbranched alkanes of at least 4 members (excludes halogenated alkanes) is 1.